The van der Waals surface area contributed by atoms with Crippen LogP contribution in [0, 0.1) is 0 Å². The fraction of sp³-hybridized carbons (Fsp3) is 0.333. The van der Waals surface area contributed by atoms with Crippen LogP contribution in [-0.2, 0) is 6.42 Å². The van der Waals surface area contributed by atoms with Crippen molar-refractivity contribution in [1.82, 2.24) is 0 Å². The largest absolute Gasteiger partial charge is 0.494 e. The lowest BCUT2D eigenvalue weighted by atomic mass is 9.95. The van der Waals surface area contributed by atoms with Gasteiger partial charge in [0, 0.05) is 17.8 Å². The van der Waals surface area contributed by atoms with Crippen molar-refractivity contribution in [3.8, 4) is 16.9 Å². The summed E-state index contributed by atoms with van der Waals surface area (Å²) in [6.07, 6.45) is 3.44. The van der Waals surface area contributed by atoms with E-state index in [2.05, 4.69) is 54.7 Å². The number of aryl methyl sites for hydroxylation is 1. The van der Waals surface area contributed by atoms with Crippen molar-refractivity contribution in [2.75, 3.05) is 18.5 Å². The van der Waals surface area contributed by atoms with Gasteiger partial charge in [-0.25, -0.2) is 0 Å². The number of fused-ring (bicyclic) bond motifs is 1. The van der Waals surface area contributed by atoms with Gasteiger partial charge in [-0.05, 0) is 42.5 Å². The molecule has 0 unspecified atom stereocenters. The Morgan fingerprint density at radius 2 is 1.95 bits per heavy atom. The van der Waals surface area contributed by atoms with Crippen molar-refractivity contribution in [1.29, 1.82) is 0 Å². The summed E-state index contributed by atoms with van der Waals surface area (Å²) in [7, 11) is 0. The Balaban J connectivity index is 1.89. The average molecular weight is 267 g/mol. The summed E-state index contributed by atoms with van der Waals surface area (Å²) in [5.74, 6) is 0.952. The first-order valence-electron chi connectivity index (χ1n) is 7.47. The molecule has 0 radical (unpaired) electrons. The molecule has 0 aromatic heterocycles. The zero-order valence-electron chi connectivity index (χ0n) is 12.0. The van der Waals surface area contributed by atoms with E-state index in [9.17, 15) is 0 Å². The second kappa shape index (κ2) is 6.00. The number of hydrogen-bond donors (Lipinski definition) is 1. The predicted molar refractivity (Wildman–Crippen MR) is 84.5 cm³/mol. The minimum Gasteiger partial charge on any atom is -0.494 e. The summed E-state index contributed by atoms with van der Waals surface area (Å²) < 4.78 is 5.64. The molecule has 0 saturated carbocycles. The first kappa shape index (κ1) is 13.0. The molecule has 2 aromatic carbocycles. The van der Waals surface area contributed by atoms with E-state index >= 15 is 0 Å². The molecule has 104 valence electrons. The number of hydrogen-bond acceptors (Lipinski definition) is 2. The Morgan fingerprint density at radius 1 is 1.10 bits per heavy atom. The molecule has 2 heteroatoms. The Morgan fingerprint density at radius 3 is 2.75 bits per heavy atom. The SMILES string of the molecule is CCCOc1ccc(-c2cccc3c2NCCC3)cc1. The van der Waals surface area contributed by atoms with Crippen molar-refractivity contribution < 1.29 is 4.74 Å². The fourth-order valence-electron chi connectivity index (χ4n) is 2.70. The summed E-state index contributed by atoms with van der Waals surface area (Å²) in [6, 6.07) is 15.0. The van der Waals surface area contributed by atoms with Crippen LogP contribution < -0.4 is 10.1 Å². The molecule has 0 spiro atoms. The standard InChI is InChI=1S/C18H21NO/c1-2-13-20-16-10-8-14(9-11-16)17-7-3-5-15-6-4-12-19-18(15)17/h3,5,7-11,19H,2,4,6,12-13H2,1H3. The molecule has 20 heavy (non-hydrogen) atoms. The second-order valence-electron chi connectivity index (χ2n) is 5.24. The summed E-state index contributed by atoms with van der Waals surface area (Å²) in [4.78, 5) is 0. The molecule has 1 heterocycles. The van der Waals surface area contributed by atoms with Gasteiger partial charge in [0.15, 0.2) is 0 Å². The quantitative estimate of drug-likeness (QED) is 0.880. The van der Waals surface area contributed by atoms with Crippen molar-refractivity contribution in [2.24, 2.45) is 0 Å². The van der Waals surface area contributed by atoms with Crippen LogP contribution >= 0.6 is 0 Å². The highest BCUT2D eigenvalue weighted by Crippen LogP contribution is 2.34. The van der Waals surface area contributed by atoms with Crippen LogP contribution in [0.3, 0.4) is 0 Å². The highest BCUT2D eigenvalue weighted by molar-refractivity contribution is 5.81. The zero-order valence-corrected chi connectivity index (χ0v) is 12.0. The maximum atomic E-state index is 5.64. The Labute approximate surface area is 120 Å². The number of benzene rings is 2. The van der Waals surface area contributed by atoms with E-state index in [1.807, 2.05) is 0 Å². The number of rotatable bonds is 4. The van der Waals surface area contributed by atoms with Gasteiger partial charge in [0.05, 0.1) is 6.61 Å². The lowest BCUT2D eigenvalue weighted by molar-refractivity contribution is 0.317. The maximum Gasteiger partial charge on any atom is 0.119 e. The van der Waals surface area contributed by atoms with E-state index in [1.54, 1.807) is 0 Å². The molecule has 1 aliphatic heterocycles. The van der Waals surface area contributed by atoms with E-state index in [4.69, 9.17) is 4.74 Å². The van der Waals surface area contributed by atoms with Crippen molar-refractivity contribution in [3.63, 3.8) is 0 Å². The highest BCUT2D eigenvalue weighted by Gasteiger charge is 2.13. The number of anilines is 1. The van der Waals surface area contributed by atoms with Crippen LogP contribution in [-0.4, -0.2) is 13.2 Å². The molecule has 0 aliphatic carbocycles. The van der Waals surface area contributed by atoms with Crippen molar-refractivity contribution >= 4 is 5.69 Å². The topological polar surface area (TPSA) is 21.3 Å². The van der Waals surface area contributed by atoms with E-state index in [0.29, 0.717) is 0 Å². The van der Waals surface area contributed by atoms with Gasteiger partial charge in [0.1, 0.15) is 5.75 Å². The number of nitrogens with one attached hydrogen (secondary N) is 1. The Hall–Kier alpha value is -1.96. The van der Waals surface area contributed by atoms with Crippen LogP contribution in [0.2, 0.25) is 0 Å². The minimum atomic E-state index is 0.779. The smallest absolute Gasteiger partial charge is 0.119 e. The predicted octanol–water partition coefficient (Wildman–Crippen LogP) is 4.50. The summed E-state index contributed by atoms with van der Waals surface area (Å²) >= 11 is 0. The maximum absolute atomic E-state index is 5.64. The minimum absolute atomic E-state index is 0.779. The van der Waals surface area contributed by atoms with Gasteiger partial charge in [0.25, 0.3) is 0 Å². The number of para-hydroxylation sites is 1. The highest BCUT2D eigenvalue weighted by atomic mass is 16.5. The second-order valence-corrected chi connectivity index (χ2v) is 5.24. The molecular formula is C18H21NO. The van der Waals surface area contributed by atoms with Crippen molar-refractivity contribution in [2.45, 2.75) is 26.2 Å². The monoisotopic (exact) mass is 267 g/mol. The van der Waals surface area contributed by atoms with E-state index in [1.165, 1.54) is 35.2 Å². The van der Waals surface area contributed by atoms with Gasteiger partial charge in [-0.15, -0.1) is 0 Å². The number of ether oxygens (including phenoxy) is 1. The normalized spacial score (nSPS) is 13.4. The van der Waals surface area contributed by atoms with Crippen LogP contribution in [0.4, 0.5) is 5.69 Å². The van der Waals surface area contributed by atoms with Crippen molar-refractivity contribution in [3.05, 3.63) is 48.0 Å². The molecule has 2 aromatic rings. The Bertz CT molecular complexity index is 574. The molecule has 1 aliphatic rings. The molecule has 0 saturated heterocycles. The van der Waals surface area contributed by atoms with E-state index < -0.39 is 0 Å². The molecule has 0 atom stereocenters. The molecule has 0 fully saturated rings. The van der Waals surface area contributed by atoms with Gasteiger partial charge < -0.3 is 10.1 Å². The van der Waals surface area contributed by atoms with Crippen LogP contribution in [0.5, 0.6) is 5.75 Å². The lowest BCUT2D eigenvalue weighted by Crippen LogP contribution is -2.12. The summed E-state index contributed by atoms with van der Waals surface area (Å²) in [5.41, 5.74) is 5.28. The van der Waals surface area contributed by atoms with Gasteiger partial charge in [-0.1, -0.05) is 37.3 Å². The van der Waals surface area contributed by atoms with Gasteiger partial charge in [0.2, 0.25) is 0 Å². The summed E-state index contributed by atoms with van der Waals surface area (Å²) in [5, 5.41) is 3.55. The third kappa shape index (κ3) is 2.64. The molecule has 2 nitrogen and oxygen atoms in total. The van der Waals surface area contributed by atoms with E-state index in [0.717, 1.165) is 25.3 Å². The van der Waals surface area contributed by atoms with Gasteiger partial charge >= 0.3 is 0 Å². The van der Waals surface area contributed by atoms with Gasteiger partial charge in [-0.2, -0.15) is 0 Å². The molecule has 0 bridgehead atoms. The molecule has 0 amide bonds. The molecule has 3 rings (SSSR count). The summed E-state index contributed by atoms with van der Waals surface area (Å²) in [6.45, 7) is 3.97. The molecular weight excluding hydrogens is 246 g/mol. The third-order valence-corrected chi connectivity index (χ3v) is 3.71. The first-order chi connectivity index (χ1) is 9.88. The zero-order chi connectivity index (χ0) is 13.8. The average Bonchev–Trinajstić information content (AvgIpc) is 2.53. The lowest BCUT2D eigenvalue weighted by Gasteiger charge is -2.21. The fourth-order valence-corrected chi connectivity index (χ4v) is 2.70. The van der Waals surface area contributed by atoms with E-state index in [-0.39, 0.29) is 0 Å². The van der Waals surface area contributed by atoms with Crippen LogP contribution in [0.15, 0.2) is 42.5 Å². The third-order valence-electron chi connectivity index (χ3n) is 3.71. The Kier molecular flexibility index (Phi) is 3.91. The van der Waals surface area contributed by atoms with Gasteiger partial charge in [-0.3, -0.25) is 0 Å². The molecule has 1 N–H and O–H groups in total. The van der Waals surface area contributed by atoms with Crippen LogP contribution in [0.25, 0.3) is 11.1 Å². The van der Waals surface area contributed by atoms with Crippen LogP contribution in [0.1, 0.15) is 25.3 Å². The first-order valence-corrected chi connectivity index (χ1v) is 7.47.